The number of nitrogens with zero attached hydrogens (tertiary/aromatic N) is 4. The van der Waals surface area contributed by atoms with Gasteiger partial charge in [-0.2, -0.15) is 0 Å². The van der Waals surface area contributed by atoms with E-state index < -0.39 is 0 Å². The topological polar surface area (TPSA) is 71.0 Å². The fraction of sp³-hybridized carbons (Fsp3) is 0.333. The lowest BCUT2D eigenvalue weighted by atomic mass is 9.95. The minimum absolute atomic E-state index is 0.256. The SMILES string of the molecule is O=C(C1CC1)N1CCC(c2nc(Nc3ccccc3)cc(-c3ccncc3)n2)CC1. The first-order valence-corrected chi connectivity index (χ1v) is 10.7. The molecule has 6 heteroatoms. The Hall–Kier alpha value is -3.28. The van der Waals surface area contributed by atoms with E-state index in [0.29, 0.717) is 5.91 Å². The molecule has 3 aromatic rings. The van der Waals surface area contributed by atoms with Gasteiger partial charge in [0.25, 0.3) is 0 Å². The van der Waals surface area contributed by atoms with E-state index in [2.05, 4.69) is 10.3 Å². The molecule has 0 spiro atoms. The van der Waals surface area contributed by atoms with E-state index in [0.717, 1.165) is 67.4 Å². The monoisotopic (exact) mass is 399 g/mol. The second kappa shape index (κ2) is 8.22. The first-order valence-electron chi connectivity index (χ1n) is 10.7. The molecule has 0 unspecified atom stereocenters. The van der Waals surface area contributed by atoms with Gasteiger partial charge in [0.1, 0.15) is 11.6 Å². The molecule has 0 atom stereocenters. The quantitative estimate of drug-likeness (QED) is 0.689. The standard InChI is InChI=1S/C24H25N5O/c30-24(19-6-7-19)29-14-10-18(11-15-29)23-27-21(17-8-12-25-13-9-17)16-22(28-23)26-20-4-2-1-3-5-20/h1-5,8-9,12-13,16,18-19H,6-7,10-11,14-15H2,(H,26,27,28). The molecule has 30 heavy (non-hydrogen) atoms. The molecule has 6 nitrogen and oxygen atoms in total. The van der Waals surface area contributed by atoms with Crippen LogP contribution in [-0.4, -0.2) is 38.8 Å². The number of anilines is 2. The summed E-state index contributed by atoms with van der Waals surface area (Å²) in [4.78, 5) is 28.3. The largest absolute Gasteiger partial charge is 0.342 e. The summed E-state index contributed by atoms with van der Waals surface area (Å²) in [5, 5.41) is 3.41. The number of likely N-dealkylation sites (tertiary alicyclic amines) is 1. The van der Waals surface area contributed by atoms with Crippen LogP contribution < -0.4 is 5.32 Å². The van der Waals surface area contributed by atoms with E-state index in [-0.39, 0.29) is 11.8 Å². The molecular weight excluding hydrogens is 374 g/mol. The van der Waals surface area contributed by atoms with E-state index >= 15 is 0 Å². The Labute approximate surface area is 176 Å². The average molecular weight is 399 g/mol. The molecule has 2 fully saturated rings. The highest BCUT2D eigenvalue weighted by atomic mass is 16.2. The van der Waals surface area contributed by atoms with E-state index in [1.54, 1.807) is 12.4 Å². The highest BCUT2D eigenvalue weighted by Crippen LogP contribution is 2.34. The summed E-state index contributed by atoms with van der Waals surface area (Å²) in [5.41, 5.74) is 2.90. The van der Waals surface area contributed by atoms with Gasteiger partial charge >= 0.3 is 0 Å². The van der Waals surface area contributed by atoms with Gasteiger partial charge in [-0.25, -0.2) is 9.97 Å². The van der Waals surface area contributed by atoms with Crippen molar-refractivity contribution in [1.29, 1.82) is 0 Å². The smallest absolute Gasteiger partial charge is 0.225 e. The predicted molar refractivity (Wildman–Crippen MR) is 116 cm³/mol. The van der Waals surface area contributed by atoms with Gasteiger partial charge in [-0.1, -0.05) is 18.2 Å². The number of rotatable bonds is 5. The van der Waals surface area contributed by atoms with Gasteiger partial charge in [-0.15, -0.1) is 0 Å². The summed E-state index contributed by atoms with van der Waals surface area (Å²) in [6.45, 7) is 1.59. The van der Waals surface area contributed by atoms with E-state index in [4.69, 9.17) is 9.97 Å². The molecule has 0 bridgehead atoms. The molecule has 1 amide bonds. The van der Waals surface area contributed by atoms with Crippen LogP contribution in [0.4, 0.5) is 11.5 Å². The van der Waals surface area contributed by atoms with Crippen molar-refractivity contribution in [2.45, 2.75) is 31.6 Å². The fourth-order valence-electron chi connectivity index (χ4n) is 4.00. The predicted octanol–water partition coefficient (Wildman–Crippen LogP) is 4.40. The fourth-order valence-corrected chi connectivity index (χ4v) is 4.00. The maximum Gasteiger partial charge on any atom is 0.225 e. The number of carbonyl (C=O) groups excluding carboxylic acids is 1. The summed E-state index contributed by atoms with van der Waals surface area (Å²) in [6.07, 6.45) is 7.49. The Morgan fingerprint density at radius 2 is 1.67 bits per heavy atom. The Kier molecular flexibility index (Phi) is 5.13. The van der Waals surface area contributed by atoms with Crippen molar-refractivity contribution in [2.75, 3.05) is 18.4 Å². The van der Waals surface area contributed by atoms with Gasteiger partial charge in [0.2, 0.25) is 5.91 Å². The first kappa shape index (κ1) is 18.7. The molecule has 1 saturated carbocycles. The van der Waals surface area contributed by atoms with Gasteiger partial charge in [-0.05, 0) is 49.9 Å². The maximum atomic E-state index is 12.4. The van der Waals surface area contributed by atoms with Crippen LogP contribution in [-0.2, 0) is 4.79 Å². The van der Waals surface area contributed by atoms with Gasteiger partial charge in [-0.3, -0.25) is 9.78 Å². The zero-order valence-corrected chi connectivity index (χ0v) is 16.9. The van der Waals surface area contributed by atoms with Crippen molar-refractivity contribution in [2.24, 2.45) is 5.92 Å². The Bertz CT molecular complexity index is 1010. The molecule has 5 rings (SSSR count). The van der Waals surface area contributed by atoms with Crippen LogP contribution in [0.1, 0.15) is 37.4 Å². The van der Waals surface area contributed by atoms with Crippen LogP contribution >= 0.6 is 0 Å². The lowest BCUT2D eigenvalue weighted by Gasteiger charge is -2.31. The maximum absolute atomic E-state index is 12.4. The second-order valence-electron chi connectivity index (χ2n) is 8.10. The van der Waals surface area contributed by atoms with Crippen LogP contribution in [0, 0.1) is 5.92 Å². The van der Waals surface area contributed by atoms with Crippen LogP contribution in [0.25, 0.3) is 11.3 Å². The molecule has 1 aliphatic carbocycles. The molecular formula is C24H25N5O. The third-order valence-corrected chi connectivity index (χ3v) is 5.86. The molecule has 1 saturated heterocycles. The highest BCUT2D eigenvalue weighted by molar-refractivity contribution is 5.81. The normalized spacial score (nSPS) is 17.0. The Balaban J connectivity index is 1.40. The number of para-hydroxylation sites is 1. The number of piperidine rings is 1. The second-order valence-corrected chi connectivity index (χ2v) is 8.10. The molecule has 0 radical (unpaired) electrons. The van der Waals surface area contributed by atoms with Crippen molar-refractivity contribution in [3.63, 3.8) is 0 Å². The number of hydrogen-bond acceptors (Lipinski definition) is 5. The lowest BCUT2D eigenvalue weighted by molar-refractivity contribution is -0.133. The van der Waals surface area contributed by atoms with E-state index in [1.807, 2.05) is 53.4 Å². The van der Waals surface area contributed by atoms with Gasteiger partial charge in [0.05, 0.1) is 5.69 Å². The third kappa shape index (κ3) is 4.17. The summed E-state index contributed by atoms with van der Waals surface area (Å²) in [6, 6.07) is 16.0. The van der Waals surface area contributed by atoms with Crippen molar-refractivity contribution in [1.82, 2.24) is 19.9 Å². The summed E-state index contributed by atoms with van der Waals surface area (Å²) >= 11 is 0. The average Bonchev–Trinajstić information content (AvgIpc) is 3.65. The van der Waals surface area contributed by atoms with Gasteiger partial charge in [0.15, 0.2) is 0 Å². The van der Waals surface area contributed by atoms with Crippen LogP contribution in [0.3, 0.4) is 0 Å². The minimum atomic E-state index is 0.256. The first-order chi connectivity index (χ1) is 14.8. The van der Waals surface area contributed by atoms with Crippen molar-refractivity contribution in [3.8, 4) is 11.3 Å². The molecule has 2 aliphatic rings. The number of amides is 1. The third-order valence-electron chi connectivity index (χ3n) is 5.86. The Morgan fingerprint density at radius 3 is 2.37 bits per heavy atom. The molecule has 1 N–H and O–H groups in total. The zero-order valence-electron chi connectivity index (χ0n) is 16.9. The number of carbonyl (C=O) groups is 1. The van der Waals surface area contributed by atoms with Gasteiger partial charge < -0.3 is 10.2 Å². The van der Waals surface area contributed by atoms with Crippen molar-refractivity contribution in [3.05, 3.63) is 66.7 Å². The number of hydrogen-bond donors (Lipinski definition) is 1. The summed E-state index contributed by atoms with van der Waals surface area (Å²) in [7, 11) is 0. The highest BCUT2D eigenvalue weighted by Gasteiger charge is 2.35. The molecule has 3 heterocycles. The van der Waals surface area contributed by atoms with Gasteiger partial charge in [0, 0.05) is 54.6 Å². The lowest BCUT2D eigenvalue weighted by Crippen LogP contribution is -2.39. The number of pyridine rings is 1. The molecule has 152 valence electrons. The zero-order chi connectivity index (χ0) is 20.3. The number of benzene rings is 1. The molecule has 2 aromatic heterocycles. The number of nitrogens with one attached hydrogen (secondary N) is 1. The Morgan fingerprint density at radius 1 is 0.933 bits per heavy atom. The number of aromatic nitrogens is 3. The summed E-state index contributed by atoms with van der Waals surface area (Å²) in [5.74, 6) is 2.52. The minimum Gasteiger partial charge on any atom is -0.342 e. The molecule has 1 aromatic carbocycles. The van der Waals surface area contributed by atoms with Crippen LogP contribution in [0.15, 0.2) is 60.9 Å². The molecule has 1 aliphatic heterocycles. The van der Waals surface area contributed by atoms with Crippen LogP contribution in [0.2, 0.25) is 0 Å². The van der Waals surface area contributed by atoms with Crippen LogP contribution in [0.5, 0.6) is 0 Å². The van der Waals surface area contributed by atoms with Crippen molar-refractivity contribution < 1.29 is 4.79 Å². The van der Waals surface area contributed by atoms with E-state index in [9.17, 15) is 4.79 Å². The summed E-state index contributed by atoms with van der Waals surface area (Å²) < 4.78 is 0. The van der Waals surface area contributed by atoms with E-state index in [1.165, 1.54) is 0 Å². The van der Waals surface area contributed by atoms with Crippen molar-refractivity contribution >= 4 is 17.4 Å².